The zero-order valence-corrected chi connectivity index (χ0v) is 81.4. The first-order chi connectivity index (χ1) is 64.4. The van der Waals surface area contributed by atoms with Gasteiger partial charge in [0.15, 0.2) is 5.65 Å². The molecule has 0 spiro atoms. The number of benzene rings is 12. The van der Waals surface area contributed by atoms with Crippen LogP contribution in [0.2, 0.25) is 5.65 Å². The first kappa shape index (κ1) is 86.7. The predicted octanol–water partition coefficient (Wildman–Crippen LogP) is 30.6. The summed E-state index contributed by atoms with van der Waals surface area (Å²) in [5.74, 6) is 1.02. The Morgan fingerprint density at radius 2 is 0.469 bits per heavy atom. The van der Waals surface area contributed by atoms with Crippen LogP contribution in [0.3, 0.4) is 0 Å². The Hall–Kier alpha value is -12.7. The molecule has 5 aliphatic heterocycles. The fourth-order valence-electron chi connectivity index (χ4n) is 21.4. The SMILES string of the molecule is CC1=C(C)N(c2ccccc2C)C(c2c(C)cccc2C)N1c1ccccc1.[2H]N1C(C)=C(C)N(c2ccccc2C)C1c1c(C)cccc1C.[2H]N1C(C2CCCC2)=C(C)N(c2ccccc2C)C1c1c(C)cccc1C.[2H]N1C(C2CCCCC2)=C(C)N(c2ccccc2C)C1c1c(C)cccc1C.[2H]N1C(c2ccccc2)=C(C)N(c2ccccc2C)C1c1c(C)cccc1C. The Balaban J connectivity index is 0.000000128. The monoisotopic (exact) mass is 1730 g/mol. The third kappa shape index (κ3) is 18.8. The van der Waals surface area contributed by atoms with Crippen LogP contribution in [0.4, 0.5) is 34.1 Å². The minimum Gasteiger partial charge on any atom is -0.363 e. The second-order valence-electron chi connectivity index (χ2n) is 37.3. The predicted molar refractivity (Wildman–Crippen MR) is 553 cm³/mol. The zero-order chi connectivity index (χ0) is 95.4. The van der Waals surface area contributed by atoms with E-state index in [1.54, 1.807) is 10.6 Å². The van der Waals surface area contributed by atoms with Crippen molar-refractivity contribution in [2.45, 2.75) is 241 Å². The molecule has 12 aromatic rings. The molecule has 670 valence electrons. The summed E-state index contributed by atoms with van der Waals surface area (Å²) in [6.07, 6.45) is 10.9. The summed E-state index contributed by atoms with van der Waals surface area (Å²) in [7, 11) is 0. The van der Waals surface area contributed by atoms with Gasteiger partial charge in [0.05, 0.1) is 5.70 Å². The van der Waals surface area contributed by atoms with Crippen LogP contribution in [0, 0.1) is 116 Å². The third-order valence-corrected chi connectivity index (χ3v) is 28.5. The molecule has 19 rings (SSSR count). The first-order valence-corrected chi connectivity index (χ1v) is 47.5. The Morgan fingerprint density at radius 1 is 0.215 bits per heavy atom. The lowest BCUT2D eigenvalue weighted by Gasteiger charge is -2.37. The number of aryl methyl sites for hydroxylation is 15. The molecule has 5 unspecified atom stereocenters. The van der Waals surface area contributed by atoms with Crippen molar-refractivity contribution in [3.63, 3.8) is 0 Å². The molecule has 7 aliphatic rings. The maximum atomic E-state index is 9.23. The average Bonchev–Trinajstić information content (AvgIpc) is 1.61. The van der Waals surface area contributed by atoms with Gasteiger partial charge < -0.3 is 50.6 Å². The van der Waals surface area contributed by atoms with Crippen LogP contribution in [-0.2, 0) is 0 Å². The van der Waals surface area contributed by atoms with Gasteiger partial charge in [0.1, 0.15) is 30.8 Å². The van der Waals surface area contributed by atoms with Gasteiger partial charge in [0, 0.05) is 125 Å². The van der Waals surface area contributed by atoms with Gasteiger partial charge in [-0.1, -0.05) is 263 Å². The van der Waals surface area contributed by atoms with Gasteiger partial charge in [-0.25, -0.2) is 0 Å². The molecular formula is C120H140N10. The molecule has 0 bridgehead atoms. The maximum absolute atomic E-state index is 9.23. The Kier molecular flexibility index (Phi) is 27.1. The van der Waals surface area contributed by atoms with E-state index in [9.17, 15) is 1.41 Å². The van der Waals surface area contributed by atoms with Crippen LogP contribution in [0.1, 0.15) is 254 Å². The Bertz CT molecular complexity index is 6310. The lowest BCUT2D eigenvalue weighted by molar-refractivity contribution is 0.384. The second kappa shape index (κ2) is 40.6. The number of nitrogens with zero attached hydrogens (tertiary/aromatic N) is 6. The van der Waals surface area contributed by atoms with Crippen LogP contribution >= 0.6 is 0 Å². The average molecular weight is 1730 g/mol. The molecule has 10 nitrogen and oxygen atoms in total. The second-order valence-corrected chi connectivity index (χ2v) is 37.3. The number of allylic oxidation sites excluding steroid dienone is 9. The van der Waals surface area contributed by atoms with Gasteiger partial charge in [0.25, 0.3) is 0 Å². The summed E-state index contributed by atoms with van der Waals surface area (Å²) in [5, 5.41) is 7.00. The zero-order valence-electron chi connectivity index (χ0n) is 85.4. The lowest BCUT2D eigenvalue weighted by atomic mass is 9.86. The molecule has 2 saturated carbocycles. The standard InChI is InChI=1S/C26H28N2.C25H32N2.C25H26N2.C24H30N2.C20H24N2/c1-18-12-9-10-17-24(18)28-22(5)21(4)27(23-15-7-6-8-16-23)26(28)25-19(2)13-11-14-20(25)3;2*1-17-11-8-9-16-22(17)27-20(4)24(21-14-6-5-7-15-21)26-25(27)23-18(2)12-10-13-19(23)3;1-16-10-5-8-15-21(16)26-19(4)23(20-13-6-7-14-20)25-24(26)22-17(2)11-9-12-18(22)3;1-13-9-6-7-12-18(13)22-17(5)16(4)21-20(22)19-14(2)10-8-11-15(19)3/h6-17,26H,1-5H3;8-13,16,21,25-26H,5-7,14-15H2,1-4H3;5-16,25-26H,1-4H3;5,8-12,15,20,24-25H,6-7,13-14H2,1-4H3;6-12,20-21H,1-5H3/i/hD4. The Labute approximate surface area is 785 Å². The molecular weight excluding hydrogens is 1580 g/mol. The molecule has 0 aromatic heterocycles. The number of rotatable bonds is 14. The van der Waals surface area contributed by atoms with Gasteiger partial charge in [-0.05, 0) is 309 Å². The van der Waals surface area contributed by atoms with Crippen molar-refractivity contribution in [3.8, 4) is 0 Å². The van der Waals surface area contributed by atoms with E-state index in [0.29, 0.717) is 11.8 Å². The highest BCUT2D eigenvalue weighted by Gasteiger charge is 2.43. The fraction of sp³-hybridized carbons (Fsp3) is 0.317. The number of nitrogens with one attached hydrogen (secondary N) is 4. The van der Waals surface area contributed by atoms with E-state index in [1.807, 2.05) is 35.7 Å². The molecule has 5 atom stereocenters. The summed E-state index contributed by atoms with van der Waals surface area (Å²) in [6.45, 7) is 47.7. The summed E-state index contributed by atoms with van der Waals surface area (Å²) in [6, 6.07) is 96.0. The summed E-state index contributed by atoms with van der Waals surface area (Å²) >= 11 is 0. The van der Waals surface area contributed by atoms with Crippen molar-refractivity contribution in [2.75, 3.05) is 29.4 Å². The van der Waals surface area contributed by atoms with Gasteiger partial charge >= 0.3 is 0 Å². The van der Waals surface area contributed by atoms with Crippen molar-refractivity contribution >= 4 is 39.8 Å². The number of anilines is 6. The molecule has 2 aliphatic carbocycles. The topological polar surface area (TPSA) is 67.6 Å². The highest BCUT2D eigenvalue weighted by Crippen LogP contribution is 2.51. The van der Waals surface area contributed by atoms with E-state index in [0.717, 1.165) is 34.0 Å². The van der Waals surface area contributed by atoms with Crippen LogP contribution < -0.4 is 50.6 Å². The van der Waals surface area contributed by atoms with E-state index in [1.165, 1.54) is 232 Å². The molecule has 0 saturated heterocycles. The first-order valence-electron chi connectivity index (χ1n) is 49.3. The number of hydrogen-bond acceptors (Lipinski definition) is 10. The van der Waals surface area contributed by atoms with Crippen LogP contribution in [-0.4, -0.2) is 0 Å². The smallest absolute Gasteiger partial charge is 0.163 e. The van der Waals surface area contributed by atoms with Crippen molar-refractivity contribution in [3.05, 3.63) is 441 Å². The van der Waals surface area contributed by atoms with E-state index in [2.05, 4.69) is 430 Å². The summed E-state index contributed by atoms with van der Waals surface area (Å²) < 4.78 is 36.2. The highest BCUT2D eigenvalue weighted by molar-refractivity contribution is 5.79. The van der Waals surface area contributed by atoms with E-state index < -0.39 is 0 Å². The van der Waals surface area contributed by atoms with Crippen molar-refractivity contribution < 1.29 is 5.65 Å². The van der Waals surface area contributed by atoms with Crippen molar-refractivity contribution in [1.82, 2.24) is 21.2 Å². The van der Waals surface area contributed by atoms with Crippen molar-refractivity contribution in [2.24, 2.45) is 11.8 Å². The molecule has 130 heavy (non-hydrogen) atoms. The molecule has 0 radical (unpaired) electrons. The quantitative estimate of drug-likeness (QED) is 0.0847. The van der Waals surface area contributed by atoms with E-state index >= 15 is 0 Å². The molecule has 5 heterocycles. The van der Waals surface area contributed by atoms with Gasteiger partial charge in [-0.2, -0.15) is 0 Å². The Morgan fingerprint density at radius 3 is 0.808 bits per heavy atom. The number of para-hydroxylation sites is 6. The van der Waals surface area contributed by atoms with Crippen molar-refractivity contribution in [1.29, 1.82) is 0 Å². The van der Waals surface area contributed by atoms with Crippen LogP contribution in [0.5, 0.6) is 0 Å². The van der Waals surface area contributed by atoms with E-state index in [4.69, 9.17) is 4.24 Å². The molecule has 10 heteroatoms. The van der Waals surface area contributed by atoms with Gasteiger partial charge in [-0.3, -0.25) is 0 Å². The number of hydrogen-bond donors (Lipinski definition) is 4. The molecule has 0 amide bonds. The summed E-state index contributed by atoms with van der Waals surface area (Å²) in [5.41, 5.74) is 45.2. The lowest BCUT2D eigenvalue weighted by Crippen LogP contribution is -2.34. The van der Waals surface area contributed by atoms with Gasteiger partial charge in [0.2, 0.25) is 0 Å². The fourth-order valence-corrected chi connectivity index (χ4v) is 21.4. The molecule has 12 aromatic carbocycles. The molecule has 2 fully saturated rings. The minimum atomic E-state index is -0.197. The van der Waals surface area contributed by atoms with Gasteiger partial charge in [-0.15, -0.1) is 0 Å². The van der Waals surface area contributed by atoms with Crippen LogP contribution in [0.15, 0.2) is 324 Å². The highest BCUT2D eigenvalue weighted by atomic mass is 15.4. The largest absolute Gasteiger partial charge is 0.363 e. The minimum absolute atomic E-state index is 0.0945. The maximum Gasteiger partial charge on any atom is 0.163 e. The summed E-state index contributed by atoms with van der Waals surface area (Å²) in [4.78, 5) is 14.4. The third-order valence-electron chi connectivity index (χ3n) is 28.5. The normalized spacial score (nSPS) is 19.3. The van der Waals surface area contributed by atoms with Crippen LogP contribution in [0.25, 0.3) is 5.70 Å². The molecule has 4 N–H and O–H groups in total. The van der Waals surface area contributed by atoms with E-state index in [-0.39, 0.29) is 30.8 Å².